The van der Waals surface area contributed by atoms with Gasteiger partial charge in [-0.1, -0.05) is 47.5 Å². The molecule has 1 aromatic heterocycles. The van der Waals surface area contributed by atoms with Gasteiger partial charge in [-0.15, -0.1) is 0 Å². The molecule has 0 saturated carbocycles. The zero-order chi connectivity index (χ0) is 14.3. The van der Waals surface area contributed by atoms with Crippen molar-refractivity contribution in [2.45, 2.75) is 0 Å². The SMILES string of the molecule is Cn1cc(C(=O)c2cccc(Cl)c2Cl)c2ccccc21. The first kappa shape index (κ1) is 13.2. The van der Waals surface area contributed by atoms with Crippen LogP contribution in [0.5, 0.6) is 0 Å². The highest BCUT2D eigenvalue weighted by atomic mass is 35.5. The molecule has 0 unspecified atom stereocenters. The Balaban J connectivity index is 2.21. The number of carbonyl (C=O) groups is 1. The summed E-state index contributed by atoms with van der Waals surface area (Å²) in [5.41, 5.74) is 2.07. The van der Waals surface area contributed by atoms with Crippen molar-refractivity contribution in [3.63, 3.8) is 0 Å². The maximum Gasteiger partial charge on any atom is 0.196 e. The lowest BCUT2D eigenvalue weighted by molar-refractivity contribution is 0.104. The Hall–Kier alpha value is -1.77. The molecular formula is C16H11Cl2NO. The number of aromatic nitrogens is 1. The fourth-order valence-corrected chi connectivity index (χ4v) is 2.73. The second-order valence-electron chi connectivity index (χ2n) is 4.60. The number of carbonyl (C=O) groups excluding carboxylic acids is 1. The summed E-state index contributed by atoms with van der Waals surface area (Å²) in [7, 11) is 1.92. The molecule has 2 nitrogen and oxygen atoms in total. The first-order valence-electron chi connectivity index (χ1n) is 6.12. The smallest absolute Gasteiger partial charge is 0.196 e. The van der Waals surface area contributed by atoms with Crippen LogP contribution in [0.3, 0.4) is 0 Å². The van der Waals surface area contributed by atoms with Gasteiger partial charge in [-0.3, -0.25) is 4.79 Å². The number of halogens is 2. The average Bonchev–Trinajstić information content (AvgIpc) is 2.79. The zero-order valence-corrected chi connectivity index (χ0v) is 12.2. The highest BCUT2D eigenvalue weighted by molar-refractivity contribution is 6.44. The lowest BCUT2D eigenvalue weighted by atomic mass is 10.0. The third-order valence-corrected chi connectivity index (χ3v) is 4.16. The first-order valence-corrected chi connectivity index (χ1v) is 6.88. The normalized spacial score (nSPS) is 10.9. The monoisotopic (exact) mass is 303 g/mol. The van der Waals surface area contributed by atoms with Crippen molar-refractivity contribution in [1.29, 1.82) is 0 Å². The molecule has 0 N–H and O–H groups in total. The molecule has 3 aromatic rings. The molecule has 0 bridgehead atoms. The minimum absolute atomic E-state index is 0.116. The van der Waals surface area contributed by atoms with E-state index < -0.39 is 0 Å². The number of fused-ring (bicyclic) bond motifs is 1. The van der Waals surface area contributed by atoms with Crippen LogP contribution in [0.25, 0.3) is 10.9 Å². The molecule has 4 heteroatoms. The molecule has 0 atom stereocenters. The van der Waals surface area contributed by atoms with E-state index in [0.29, 0.717) is 21.2 Å². The topological polar surface area (TPSA) is 22.0 Å². The Morgan fingerprint density at radius 1 is 1.00 bits per heavy atom. The largest absolute Gasteiger partial charge is 0.350 e. The molecule has 100 valence electrons. The molecule has 20 heavy (non-hydrogen) atoms. The number of benzene rings is 2. The third kappa shape index (κ3) is 2.01. The van der Waals surface area contributed by atoms with Crippen molar-refractivity contribution in [3.05, 3.63) is 69.8 Å². The van der Waals surface area contributed by atoms with Crippen LogP contribution in [-0.4, -0.2) is 10.4 Å². The standard InChI is InChI=1S/C16H11Cl2NO/c1-19-9-12(10-5-2-3-8-14(10)19)16(20)11-6-4-7-13(17)15(11)18/h2-9H,1H3. The highest BCUT2D eigenvalue weighted by Crippen LogP contribution is 2.30. The van der Waals surface area contributed by atoms with E-state index in [1.165, 1.54) is 0 Å². The summed E-state index contributed by atoms with van der Waals surface area (Å²) < 4.78 is 1.93. The molecule has 3 rings (SSSR count). The number of nitrogens with zero attached hydrogens (tertiary/aromatic N) is 1. The van der Waals surface area contributed by atoms with Gasteiger partial charge in [0.15, 0.2) is 5.78 Å². The predicted molar refractivity (Wildman–Crippen MR) is 82.8 cm³/mol. The summed E-state index contributed by atoms with van der Waals surface area (Å²) in [6.07, 6.45) is 1.82. The van der Waals surface area contributed by atoms with Gasteiger partial charge in [0.1, 0.15) is 0 Å². The summed E-state index contributed by atoms with van der Waals surface area (Å²) in [6.45, 7) is 0. The van der Waals surface area contributed by atoms with Crippen LogP contribution >= 0.6 is 23.2 Å². The number of hydrogen-bond acceptors (Lipinski definition) is 1. The quantitative estimate of drug-likeness (QED) is 0.628. The molecule has 1 heterocycles. The molecule has 0 aliphatic heterocycles. The number of aryl methyl sites for hydroxylation is 1. The minimum Gasteiger partial charge on any atom is -0.350 e. The van der Waals surface area contributed by atoms with Crippen LogP contribution in [0.4, 0.5) is 0 Å². The maximum absolute atomic E-state index is 12.7. The van der Waals surface area contributed by atoms with Crippen LogP contribution in [0.15, 0.2) is 48.7 Å². The Morgan fingerprint density at radius 3 is 2.55 bits per heavy atom. The summed E-state index contributed by atoms with van der Waals surface area (Å²) in [6, 6.07) is 12.9. The van der Waals surface area contributed by atoms with Crippen LogP contribution in [-0.2, 0) is 7.05 Å². The van der Waals surface area contributed by atoms with Gasteiger partial charge >= 0.3 is 0 Å². The van der Waals surface area contributed by atoms with Crippen LogP contribution in [0.2, 0.25) is 10.0 Å². The number of para-hydroxylation sites is 1. The summed E-state index contributed by atoms with van der Waals surface area (Å²) in [5, 5.41) is 1.60. The maximum atomic E-state index is 12.7. The van der Waals surface area contributed by atoms with Gasteiger partial charge in [0, 0.05) is 35.3 Å². The molecule has 0 radical (unpaired) electrons. The van der Waals surface area contributed by atoms with E-state index in [1.807, 2.05) is 42.1 Å². The number of rotatable bonds is 2. The zero-order valence-electron chi connectivity index (χ0n) is 10.7. The Labute approximate surface area is 126 Å². The van der Waals surface area contributed by atoms with Crippen molar-refractivity contribution < 1.29 is 4.79 Å². The van der Waals surface area contributed by atoms with Gasteiger partial charge in [-0.2, -0.15) is 0 Å². The minimum atomic E-state index is -0.116. The molecule has 2 aromatic carbocycles. The molecule has 0 saturated heterocycles. The average molecular weight is 304 g/mol. The van der Waals surface area contributed by atoms with E-state index in [-0.39, 0.29) is 5.78 Å². The Kier molecular flexibility index (Phi) is 3.28. The summed E-state index contributed by atoms with van der Waals surface area (Å²) >= 11 is 12.1. The highest BCUT2D eigenvalue weighted by Gasteiger charge is 2.18. The van der Waals surface area contributed by atoms with Gasteiger partial charge in [0.2, 0.25) is 0 Å². The number of ketones is 1. The van der Waals surface area contributed by atoms with E-state index in [2.05, 4.69) is 0 Å². The van der Waals surface area contributed by atoms with Crippen LogP contribution in [0, 0.1) is 0 Å². The van der Waals surface area contributed by atoms with Crippen LogP contribution in [0.1, 0.15) is 15.9 Å². The van der Waals surface area contributed by atoms with Gasteiger partial charge in [0.05, 0.1) is 10.0 Å². The molecule has 0 aliphatic carbocycles. The van der Waals surface area contributed by atoms with Gasteiger partial charge < -0.3 is 4.57 Å². The summed E-state index contributed by atoms with van der Waals surface area (Å²) in [4.78, 5) is 12.7. The van der Waals surface area contributed by atoms with E-state index in [9.17, 15) is 4.79 Å². The van der Waals surface area contributed by atoms with E-state index >= 15 is 0 Å². The van der Waals surface area contributed by atoms with Gasteiger partial charge in [-0.25, -0.2) is 0 Å². The predicted octanol–water partition coefficient (Wildman–Crippen LogP) is 4.72. The van der Waals surface area contributed by atoms with Crippen molar-refractivity contribution >= 4 is 39.9 Å². The van der Waals surface area contributed by atoms with Crippen molar-refractivity contribution in [1.82, 2.24) is 4.57 Å². The Morgan fingerprint density at radius 2 is 1.75 bits per heavy atom. The molecule has 0 amide bonds. The lowest BCUT2D eigenvalue weighted by Gasteiger charge is -2.04. The molecule has 0 spiro atoms. The lowest BCUT2D eigenvalue weighted by Crippen LogP contribution is -2.01. The Bertz CT molecular complexity index is 820. The van der Waals surface area contributed by atoms with Crippen molar-refractivity contribution in [2.75, 3.05) is 0 Å². The van der Waals surface area contributed by atoms with Crippen LogP contribution < -0.4 is 0 Å². The fourth-order valence-electron chi connectivity index (χ4n) is 2.35. The third-order valence-electron chi connectivity index (χ3n) is 3.34. The van der Waals surface area contributed by atoms with E-state index in [4.69, 9.17) is 23.2 Å². The van der Waals surface area contributed by atoms with Gasteiger partial charge in [-0.05, 0) is 18.2 Å². The van der Waals surface area contributed by atoms with Gasteiger partial charge in [0.25, 0.3) is 0 Å². The van der Waals surface area contributed by atoms with Crippen molar-refractivity contribution in [3.8, 4) is 0 Å². The van der Waals surface area contributed by atoms with Crippen molar-refractivity contribution in [2.24, 2.45) is 7.05 Å². The molecule has 0 fully saturated rings. The first-order chi connectivity index (χ1) is 9.59. The number of hydrogen-bond donors (Lipinski definition) is 0. The second kappa shape index (κ2) is 4.97. The fraction of sp³-hybridized carbons (Fsp3) is 0.0625. The second-order valence-corrected chi connectivity index (χ2v) is 5.39. The van der Waals surface area contributed by atoms with E-state index in [1.54, 1.807) is 18.2 Å². The molecule has 0 aliphatic rings. The van der Waals surface area contributed by atoms with E-state index in [0.717, 1.165) is 10.9 Å². The summed E-state index contributed by atoms with van der Waals surface area (Å²) in [5.74, 6) is -0.116. The molecular weight excluding hydrogens is 293 g/mol.